The van der Waals surface area contributed by atoms with E-state index in [2.05, 4.69) is 9.98 Å². The molecule has 0 aliphatic heterocycles. The Bertz CT molecular complexity index is 638. The van der Waals surface area contributed by atoms with Gasteiger partial charge in [-0.05, 0) is 37.1 Å². The number of benzene rings is 2. The lowest BCUT2D eigenvalue weighted by molar-refractivity contribution is 0.579. The van der Waals surface area contributed by atoms with Gasteiger partial charge in [-0.15, -0.1) is 0 Å². The Kier molecular flexibility index (Phi) is 6.66. The Balaban J connectivity index is 1.74. The van der Waals surface area contributed by atoms with Crippen molar-refractivity contribution in [1.29, 1.82) is 0 Å². The Hall–Kier alpha value is -2.50. The van der Waals surface area contributed by atoms with Gasteiger partial charge < -0.3 is 0 Å². The average molecular weight is 336 g/mol. The molecule has 0 saturated heterocycles. The highest BCUT2D eigenvalue weighted by Gasteiger charge is 2.05. The monoisotopic (exact) mass is 336 g/mol. The van der Waals surface area contributed by atoms with Crippen molar-refractivity contribution in [2.45, 2.75) is 12.8 Å². The Labute approximate surface area is 137 Å². The molecule has 126 valence electrons. The van der Waals surface area contributed by atoms with Crippen molar-refractivity contribution in [2.24, 2.45) is 9.98 Å². The summed E-state index contributed by atoms with van der Waals surface area (Å²) < 4.78 is 53.4. The minimum Gasteiger partial charge on any atom is -0.292 e. The van der Waals surface area contributed by atoms with Crippen molar-refractivity contribution in [1.82, 2.24) is 0 Å². The molecule has 0 aromatic heterocycles. The molecule has 0 radical (unpaired) electrons. The topological polar surface area (TPSA) is 24.7 Å². The molecule has 0 N–H and O–H groups in total. The number of hydrogen-bond donors (Lipinski definition) is 0. The van der Waals surface area contributed by atoms with Gasteiger partial charge in [-0.2, -0.15) is 0 Å². The molecular weight excluding hydrogens is 320 g/mol. The van der Waals surface area contributed by atoms with Crippen LogP contribution in [0.5, 0.6) is 0 Å². The van der Waals surface area contributed by atoms with Crippen LogP contribution in [0.1, 0.15) is 24.0 Å². The summed E-state index contributed by atoms with van der Waals surface area (Å²) in [5.74, 6) is -2.63. The molecule has 0 amide bonds. The molecular formula is C18H16F4N2. The van der Waals surface area contributed by atoms with Gasteiger partial charge in [-0.1, -0.05) is 12.1 Å². The lowest BCUT2D eigenvalue weighted by atomic mass is 10.2. The zero-order valence-corrected chi connectivity index (χ0v) is 12.9. The van der Waals surface area contributed by atoms with E-state index in [9.17, 15) is 17.6 Å². The predicted octanol–water partition coefficient (Wildman–Crippen LogP) is 4.56. The summed E-state index contributed by atoms with van der Waals surface area (Å²) in [4.78, 5) is 7.94. The molecule has 0 aliphatic rings. The largest absolute Gasteiger partial charge is 0.292 e. The van der Waals surface area contributed by atoms with Gasteiger partial charge >= 0.3 is 0 Å². The van der Waals surface area contributed by atoms with Gasteiger partial charge in [-0.25, -0.2) is 17.6 Å². The fourth-order valence-corrected chi connectivity index (χ4v) is 1.99. The van der Waals surface area contributed by atoms with Gasteiger partial charge in [0.15, 0.2) is 0 Å². The van der Waals surface area contributed by atoms with Crippen molar-refractivity contribution >= 4 is 12.4 Å². The molecule has 0 aliphatic carbocycles. The summed E-state index contributed by atoms with van der Waals surface area (Å²) in [7, 11) is 0. The van der Waals surface area contributed by atoms with Crippen LogP contribution in [0.3, 0.4) is 0 Å². The van der Waals surface area contributed by atoms with Gasteiger partial charge in [0.05, 0.1) is 11.1 Å². The van der Waals surface area contributed by atoms with E-state index in [1.807, 2.05) is 0 Å². The predicted molar refractivity (Wildman–Crippen MR) is 86.9 cm³/mol. The first-order chi connectivity index (χ1) is 11.6. The summed E-state index contributed by atoms with van der Waals surface area (Å²) in [6, 6.07) is 7.25. The highest BCUT2D eigenvalue weighted by atomic mass is 19.1. The first-order valence-electron chi connectivity index (χ1n) is 7.47. The van der Waals surface area contributed by atoms with E-state index in [1.54, 1.807) is 0 Å². The van der Waals surface area contributed by atoms with Gasteiger partial charge in [0.1, 0.15) is 23.3 Å². The maximum atomic E-state index is 13.3. The van der Waals surface area contributed by atoms with Crippen molar-refractivity contribution in [2.75, 3.05) is 13.1 Å². The molecule has 0 saturated carbocycles. The minimum atomic E-state index is -0.657. The summed E-state index contributed by atoms with van der Waals surface area (Å²) in [6.45, 7) is 0.773. The van der Waals surface area contributed by atoms with E-state index in [0.29, 0.717) is 25.9 Å². The standard InChI is InChI=1S/C18H16F4N2/c19-15-5-3-6-16(20)13(15)11-23-9-1-2-10-24-12-14-17(21)7-4-8-18(14)22/h3-8,11-12H,1-2,9-10H2. The van der Waals surface area contributed by atoms with Crippen LogP contribution in [0.4, 0.5) is 17.6 Å². The number of rotatable bonds is 7. The third-order valence-corrected chi connectivity index (χ3v) is 3.26. The van der Waals surface area contributed by atoms with Crippen LogP contribution in [0.15, 0.2) is 46.4 Å². The molecule has 2 nitrogen and oxygen atoms in total. The Morgan fingerprint density at radius 1 is 0.625 bits per heavy atom. The first kappa shape index (κ1) is 17.8. The number of nitrogens with zero attached hydrogens (tertiary/aromatic N) is 2. The van der Waals surface area contributed by atoms with Gasteiger partial charge in [0.2, 0.25) is 0 Å². The number of aliphatic imine (C=N–C) groups is 2. The van der Waals surface area contributed by atoms with Crippen LogP contribution in [-0.2, 0) is 0 Å². The van der Waals surface area contributed by atoms with Crippen LogP contribution in [-0.4, -0.2) is 25.5 Å². The smallest absolute Gasteiger partial charge is 0.134 e. The van der Waals surface area contributed by atoms with Crippen LogP contribution >= 0.6 is 0 Å². The van der Waals surface area contributed by atoms with Crippen molar-refractivity contribution in [3.05, 3.63) is 70.8 Å². The highest BCUT2D eigenvalue weighted by molar-refractivity contribution is 5.80. The van der Waals surface area contributed by atoms with E-state index in [0.717, 1.165) is 0 Å². The van der Waals surface area contributed by atoms with Gasteiger partial charge in [0, 0.05) is 25.5 Å². The zero-order valence-electron chi connectivity index (χ0n) is 12.9. The fraction of sp³-hybridized carbons (Fsp3) is 0.222. The average Bonchev–Trinajstić information content (AvgIpc) is 2.54. The fourth-order valence-electron chi connectivity index (χ4n) is 1.99. The molecule has 0 fully saturated rings. The maximum absolute atomic E-state index is 13.3. The molecule has 0 bridgehead atoms. The molecule has 6 heteroatoms. The van der Waals surface area contributed by atoms with Crippen molar-refractivity contribution in [3.8, 4) is 0 Å². The van der Waals surface area contributed by atoms with E-state index >= 15 is 0 Å². The van der Waals surface area contributed by atoms with Gasteiger partial charge in [-0.3, -0.25) is 9.98 Å². The molecule has 2 aromatic rings. The molecule has 0 spiro atoms. The Morgan fingerprint density at radius 3 is 1.29 bits per heavy atom. The molecule has 2 rings (SSSR count). The highest BCUT2D eigenvalue weighted by Crippen LogP contribution is 2.10. The second-order valence-electron chi connectivity index (χ2n) is 5.05. The van der Waals surface area contributed by atoms with Crippen LogP contribution < -0.4 is 0 Å². The van der Waals surface area contributed by atoms with E-state index in [-0.39, 0.29) is 11.1 Å². The summed E-state index contributed by atoms with van der Waals surface area (Å²) in [5, 5.41) is 0. The molecule has 24 heavy (non-hydrogen) atoms. The Morgan fingerprint density at radius 2 is 0.958 bits per heavy atom. The van der Waals surface area contributed by atoms with Crippen LogP contribution in [0.25, 0.3) is 0 Å². The summed E-state index contributed by atoms with van der Waals surface area (Å²) in [6.07, 6.45) is 3.62. The lowest BCUT2D eigenvalue weighted by Gasteiger charge is -1.99. The minimum absolute atomic E-state index is 0.162. The first-order valence-corrected chi connectivity index (χ1v) is 7.47. The summed E-state index contributed by atoms with van der Waals surface area (Å²) >= 11 is 0. The number of halogens is 4. The SMILES string of the molecule is Fc1cccc(F)c1C=NCCCCN=Cc1c(F)cccc1F. The van der Waals surface area contributed by atoms with Gasteiger partial charge in [0.25, 0.3) is 0 Å². The third-order valence-electron chi connectivity index (χ3n) is 3.26. The quantitative estimate of drug-likeness (QED) is 0.402. The van der Waals surface area contributed by atoms with E-state index in [1.165, 1.54) is 48.8 Å². The second kappa shape index (κ2) is 8.96. The zero-order chi connectivity index (χ0) is 17.4. The second-order valence-corrected chi connectivity index (χ2v) is 5.05. The normalized spacial score (nSPS) is 11.7. The van der Waals surface area contributed by atoms with Crippen molar-refractivity contribution in [3.63, 3.8) is 0 Å². The summed E-state index contributed by atoms with van der Waals surface area (Å²) in [5.41, 5.74) is -0.323. The molecule has 0 atom stereocenters. The van der Waals surface area contributed by atoms with Crippen LogP contribution in [0.2, 0.25) is 0 Å². The lowest BCUT2D eigenvalue weighted by Crippen LogP contribution is -1.96. The maximum Gasteiger partial charge on any atom is 0.134 e. The van der Waals surface area contributed by atoms with E-state index in [4.69, 9.17) is 0 Å². The molecule has 0 unspecified atom stereocenters. The third kappa shape index (κ3) is 5.01. The number of hydrogen-bond acceptors (Lipinski definition) is 2. The van der Waals surface area contributed by atoms with Crippen LogP contribution in [0, 0.1) is 23.3 Å². The molecule has 2 aromatic carbocycles. The van der Waals surface area contributed by atoms with E-state index < -0.39 is 23.3 Å². The van der Waals surface area contributed by atoms with Crippen molar-refractivity contribution < 1.29 is 17.6 Å². The molecule has 0 heterocycles. The number of unbranched alkanes of at least 4 members (excludes halogenated alkanes) is 1.